The highest BCUT2D eigenvalue weighted by atomic mass is 32.2. The van der Waals surface area contributed by atoms with Crippen LogP contribution in [-0.4, -0.2) is 18.3 Å². The van der Waals surface area contributed by atoms with Gasteiger partial charge in [-0.25, -0.2) is 4.98 Å². The number of nitrogens with two attached hydrogens (primary N) is 1. The molecule has 9 heteroatoms. The second-order valence-corrected chi connectivity index (χ2v) is 5.40. The molecule has 1 heterocycles. The number of sulfonamides is 1. The van der Waals surface area contributed by atoms with Crippen molar-refractivity contribution in [2.45, 2.75) is 5.03 Å². The summed E-state index contributed by atoms with van der Waals surface area (Å²) in [5.74, 6) is 0. The number of rotatable bonds is 4. The number of benzene rings is 1. The van der Waals surface area contributed by atoms with E-state index in [4.69, 9.17) is 5.73 Å². The molecule has 20 heavy (non-hydrogen) atoms. The van der Waals surface area contributed by atoms with Crippen LogP contribution >= 0.6 is 0 Å². The average molecular weight is 294 g/mol. The van der Waals surface area contributed by atoms with Crippen molar-refractivity contribution in [2.75, 3.05) is 10.5 Å². The lowest BCUT2D eigenvalue weighted by Gasteiger charge is -2.08. The van der Waals surface area contributed by atoms with Gasteiger partial charge >= 0.3 is 0 Å². The van der Waals surface area contributed by atoms with Gasteiger partial charge in [-0.05, 0) is 24.3 Å². The number of non-ortho nitro benzene ring substituents is 1. The summed E-state index contributed by atoms with van der Waals surface area (Å²) in [6.07, 6.45) is 1.31. The van der Waals surface area contributed by atoms with Crippen LogP contribution in [0.25, 0.3) is 0 Å². The molecule has 3 N–H and O–H groups in total. The Morgan fingerprint density at radius 3 is 2.40 bits per heavy atom. The fourth-order valence-corrected chi connectivity index (χ4v) is 2.60. The predicted molar refractivity (Wildman–Crippen MR) is 72.6 cm³/mol. The van der Waals surface area contributed by atoms with E-state index >= 15 is 0 Å². The Morgan fingerprint density at radius 2 is 1.85 bits per heavy atom. The number of hydrogen-bond acceptors (Lipinski definition) is 6. The van der Waals surface area contributed by atoms with Crippen LogP contribution in [0.2, 0.25) is 0 Å². The fourth-order valence-electron chi connectivity index (χ4n) is 1.48. The maximum Gasteiger partial charge on any atom is 0.281 e. The minimum absolute atomic E-state index is 0.0157. The number of nitrogens with zero attached hydrogens (tertiary/aromatic N) is 2. The highest BCUT2D eigenvalue weighted by Crippen LogP contribution is 2.20. The molecule has 104 valence electrons. The van der Waals surface area contributed by atoms with E-state index in [1.807, 2.05) is 0 Å². The summed E-state index contributed by atoms with van der Waals surface area (Å²) >= 11 is 0. The van der Waals surface area contributed by atoms with Crippen molar-refractivity contribution in [3.05, 3.63) is 52.7 Å². The minimum atomic E-state index is -3.93. The summed E-state index contributed by atoms with van der Waals surface area (Å²) in [5.41, 5.74) is 5.62. The lowest BCUT2D eigenvalue weighted by atomic mass is 10.3. The third-order valence-electron chi connectivity index (χ3n) is 2.39. The van der Waals surface area contributed by atoms with Gasteiger partial charge in [0.15, 0.2) is 5.03 Å². The number of nitro groups is 1. The molecule has 0 aliphatic rings. The van der Waals surface area contributed by atoms with E-state index in [0.29, 0.717) is 0 Å². The predicted octanol–water partition coefficient (Wildman–Crippen LogP) is 1.37. The normalized spacial score (nSPS) is 11.0. The van der Waals surface area contributed by atoms with Crippen LogP contribution in [0.15, 0.2) is 47.6 Å². The van der Waals surface area contributed by atoms with Crippen molar-refractivity contribution in [1.82, 2.24) is 4.98 Å². The van der Waals surface area contributed by atoms with Crippen molar-refractivity contribution in [2.24, 2.45) is 0 Å². The Kier molecular flexibility index (Phi) is 3.53. The van der Waals surface area contributed by atoms with Crippen molar-refractivity contribution in [3.8, 4) is 0 Å². The van der Waals surface area contributed by atoms with Crippen LogP contribution in [0.1, 0.15) is 0 Å². The van der Waals surface area contributed by atoms with Gasteiger partial charge in [0, 0.05) is 24.0 Å². The summed E-state index contributed by atoms with van der Waals surface area (Å²) in [6, 6.07) is 7.89. The monoisotopic (exact) mass is 294 g/mol. The molecule has 8 nitrogen and oxygen atoms in total. The summed E-state index contributed by atoms with van der Waals surface area (Å²) in [7, 11) is -3.93. The molecule has 0 aliphatic heterocycles. The molecule has 0 radical (unpaired) electrons. The van der Waals surface area contributed by atoms with E-state index in [2.05, 4.69) is 9.71 Å². The van der Waals surface area contributed by atoms with Crippen LogP contribution < -0.4 is 10.5 Å². The Morgan fingerprint density at radius 1 is 1.20 bits per heavy atom. The van der Waals surface area contributed by atoms with Crippen molar-refractivity contribution < 1.29 is 13.3 Å². The molecular weight excluding hydrogens is 284 g/mol. The average Bonchev–Trinajstić information content (AvgIpc) is 2.39. The Bertz CT molecular complexity index is 743. The number of nitro benzene ring substituents is 1. The lowest BCUT2D eigenvalue weighted by Crippen LogP contribution is -2.16. The van der Waals surface area contributed by atoms with Crippen LogP contribution in [0, 0.1) is 10.1 Å². The first kappa shape index (κ1) is 13.7. The molecule has 2 rings (SSSR count). The van der Waals surface area contributed by atoms with Gasteiger partial charge in [0.1, 0.15) is 0 Å². The van der Waals surface area contributed by atoms with Gasteiger partial charge in [0.25, 0.3) is 15.7 Å². The molecule has 0 amide bonds. The molecule has 0 spiro atoms. The van der Waals surface area contributed by atoms with Crippen molar-refractivity contribution >= 4 is 27.1 Å². The maximum absolute atomic E-state index is 12.1. The Hall–Kier alpha value is -2.68. The summed E-state index contributed by atoms with van der Waals surface area (Å²) < 4.78 is 26.4. The molecule has 0 unspecified atom stereocenters. The minimum Gasteiger partial charge on any atom is -0.396 e. The second kappa shape index (κ2) is 5.13. The van der Waals surface area contributed by atoms with Gasteiger partial charge in [0.2, 0.25) is 0 Å². The van der Waals surface area contributed by atoms with E-state index in [9.17, 15) is 18.5 Å². The van der Waals surface area contributed by atoms with Crippen LogP contribution in [0.3, 0.4) is 0 Å². The number of hydrogen-bond donors (Lipinski definition) is 2. The first-order valence-corrected chi connectivity index (χ1v) is 6.86. The molecule has 0 saturated carbocycles. The van der Waals surface area contributed by atoms with Crippen LogP contribution in [0.4, 0.5) is 17.1 Å². The molecule has 1 aromatic carbocycles. The SMILES string of the molecule is Nc1cccnc1S(=O)(=O)Nc1ccc([N+](=O)[O-])cc1. The first-order chi connectivity index (χ1) is 9.40. The number of aromatic nitrogens is 1. The van der Waals surface area contributed by atoms with Gasteiger partial charge in [-0.2, -0.15) is 8.42 Å². The third-order valence-corrected chi connectivity index (χ3v) is 3.74. The molecule has 0 atom stereocenters. The van der Waals surface area contributed by atoms with Gasteiger partial charge in [-0.15, -0.1) is 0 Å². The zero-order chi connectivity index (χ0) is 14.8. The van der Waals surface area contributed by atoms with Crippen LogP contribution in [0.5, 0.6) is 0 Å². The highest BCUT2D eigenvalue weighted by molar-refractivity contribution is 7.92. The van der Waals surface area contributed by atoms with Gasteiger partial charge in [0.05, 0.1) is 10.6 Å². The molecular formula is C11H10N4O4S. The Labute approximate surface area is 114 Å². The van der Waals surface area contributed by atoms with E-state index in [1.54, 1.807) is 0 Å². The Balaban J connectivity index is 2.29. The zero-order valence-corrected chi connectivity index (χ0v) is 10.9. The fraction of sp³-hybridized carbons (Fsp3) is 0. The summed E-state index contributed by atoms with van der Waals surface area (Å²) in [4.78, 5) is 13.6. The summed E-state index contributed by atoms with van der Waals surface area (Å²) in [6.45, 7) is 0. The third kappa shape index (κ3) is 2.83. The van der Waals surface area contributed by atoms with E-state index in [-0.39, 0.29) is 22.1 Å². The molecule has 0 saturated heterocycles. The van der Waals surface area contributed by atoms with E-state index < -0.39 is 14.9 Å². The smallest absolute Gasteiger partial charge is 0.281 e. The van der Waals surface area contributed by atoms with Crippen LogP contribution in [-0.2, 0) is 10.0 Å². The maximum atomic E-state index is 12.1. The first-order valence-electron chi connectivity index (χ1n) is 5.38. The lowest BCUT2D eigenvalue weighted by molar-refractivity contribution is -0.384. The van der Waals surface area contributed by atoms with Gasteiger partial charge in [-0.3, -0.25) is 14.8 Å². The number of nitrogen functional groups attached to an aromatic ring is 1. The van der Waals surface area contributed by atoms with E-state index in [1.165, 1.54) is 42.6 Å². The van der Waals surface area contributed by atoms with Crippen molar-refractivity contribution in [1.29, 1.82) is 0 Å². The van der Waals surface area contributed by atoms with Crippen molar-refractivity contribution in [3.63, 3.8) is 0 Å². The molecule has 0 aliphatic carbocycles. The van der Waals surface area contributed by atoms with Gasteiger partial charge in [-0.1, -0.05) is 0 Å². The molecule has 0 fully saturated rings. The van der Waals surface area contributed by atoms with Gasteiger partial charge < -0.3 is 5.73 Å². The number of nitrogens with one attached hydrogen (secondary N) is 1. The largest absolute Gasteiger partial charge is 0.396 e. The number of pyridine rings is 1. The zero-order valence-electron chi connectivity index (χ0n) is 10.1. The standard InChI is InChI=1S/C11H10N4O4S/c12-10-2-1-7-13-11(10)20(18,19)14-8-3-5-9(6-4-8)15(16)17/h1-7,14H,12H2. The summed E-state index contributed by atoms with van der Waals surface area (Å²) in [5, 5.41) is 10.2. The highest BCUT2D eigenvalue weighted by Gasteiger charge is 2.19. The molecule has 2 aromatic rings. The molecule has 0 bridgehead atoms. The van der Waals surface area contributed by atoms with E-state index in [0.717, 1.165) is 0 Å². The number of anilines is 2. The second-order valence-electron chi connectivity index (χ2n) is 3.81. The quantitative estimate of drug-likeness (QED) is 0.647. The topological polar surface area (TPSA) is 128 Å². The molecule has 1 aromatic heterocycles.